The zero-order valence-electron chi connectivity index (χ0n) is 46.1. The van der Waals surface area contributed by atoms with Crippen molar-refractivity contribution < 1.29 is 93.7 Å². The molecule has 0 aromatic rings. The van der Waals surface area contributed by atoms with E-state index in [1.54, 1.807) is 0 Å². The quantitative estimate of drug-likeness (QED) is 0.0206. The van der Waals surface area contributed by atoms with Gasteiger partial charge in [0, 0.05) is 6.42 Å². The largest absolute Gasteiger partial charge is 0.481 e. The van der Waals surface area contributed by atoms with Gasteiger partial charge in [-0.1, -0.05) is 181 Å². The molecular formula is C54H101N2O19P. The molecule has 0 saturated carbocycles. The number of amides is 2. The minimum absolute atomic E-state index is 0.0724. The highest BCUT2D eigenvalue weighted by Crippen LogP contribution is 2.56. The number of aliphatic hydroxyl groups excluding tert-OH is 7. The third-order valence-corrected chi connectivity index (χ3v) is 16.9. The summed E-state index contributed by atoms with van der Waals surface area (Å²) in [7, 11) is -5.95. The fourth-order valence-corrected chi connectivity index (χ4v) is 11.7. The Morgan fingerprint density at radius 1 is 0.658 bits per heavy atom. The van der Waals surface area contributed by atoms with Gasteiger partial charge in [-0.05, 0) is 25.7 Å². The van der Waals surface area contributed by atoms with Crippen LogP contribution in [0.3, 0.4) is 0 Å². The Kier molecular flexibility index (Phi) is 33.8. The number of rotatable bonds is 43. The van der Waals surface area contributed by atoms with Gasteiger partial charge in [-0.3, -0.25) is 23.7 Å². The Balaban J connectivity index is 2.29. The van der Waals surface area contributed by atoms with Crippen LogP contribution in [0.1, 0.15) is 233 Å². The highest BCUT2D eigenvalue weighted by molar-refractivity contribution is 7.53. The topological polar surface area (TPSA) is 360 Å². The molecule has 22 heteroatoms. The van der Waals surface area contributed by atoms with E-state index >= 15 is 0 Å². The fraction of sp³-hybridized carbons (Fsp3) is 0.926. The van der Waals surface area contributed by atoms with Crippen molar-refractivity contribution in [2.24, 2.45) is 0 Å². The highest BCUT2D eigenvalue weighted by Gasteiger charge is 2.71. The average molecular weight is 1110 g/mol. The van der Waals surface area contributed by atoms with Crippen LogP contribution in [-0.2, 0) is 38.0 Å². The van der Waals surface area contributed by atoms with E-state index in [-0.39, 0.29) is 19.3 Å². The number of nitrogens with one attached hydrogen (secondary N) is 2. The number of unbranched alkanes of at least 4 members (excludes halogenated alkanes) is 24. The zero-order valence-corrected chi connectivity index (χ0v) is 47.0. The zero-order chi connectivity index (χ0) is 56.8. The number of carbonyl (C=O) groups excluding carboxylic acids is 3. The predicted molar refractivity (Wildman–Crippen MR) is 283 cm³/mol. The third-order valence-electron chi connectivity index (χ3n) is 15.4. The summed E-state index contributed by atoms with van der Waals surface area (Å²) in [5.41, 5.74) is -6.30. The third kappa shape index (κ3) is 22.3. The van der Waals surface area contributed by atoms with Crippen LogP contribution in [0.2, 0.25) is 0 Å². The van der Waals surface area contributed by atoms with Gasteiger partial charge in [-0.25, -0.2) is 0 Å². The molecule has 12 atom stereocenters. The number of hydrogen-bond donors (Lipinski definition) is 13. The summed E-state index contributed by atoms with van der Waals surface area (Å²) >= 11 is 0. The second kappa shape index (κ2) is 36.8. The van der Waals surface area contributed by atoms with Gasteiger partial charge in [0.1, 0.15) is 48.3 Å². The summed E-state index contributed by atoms with van der Waals surface area (Å²) in [5.74, 6) is -4.52. The van der Waals surface area contributed by atoms with Gasteiger partial charge < -0.3 is 80.6 Å². The minimum atomic E-state index is -5.95. The van der Waals surface area contributed by atoms with Crippen LogP contribution < -0.4 is 10.6 Å². The number of carboxylic acids is 1. The van der Waals surface area contributed by atoms with Crippen molar-refractivity contribution in [1.82, 2.24) is 10.6 Å². The number of carboxylic acid groups (broad SMARTS) is 1. The van der Waals surface area contributed by atoms with Crippen molar-refractivity contribution in [3.8, 4) is 0 Å². The first kappa shape index (κ1) is 69.7. The summed E-state index contributed by atoms with van der Waals surface area (Å²) in [6.07, 6.45) is 4.30. The molecule has 0 spiro atoms. The number of ether oxygens (including phenoxy) is 3. The Morgan fingerprint density at radius 2 is 1.11 bits per heavy atom. The molecule has 2 aliphatic rings. The van der Waals surface area contributed by atoms with E-state index in [0.717, 1.165) is 122 Å². The summed E-state index contributed by atoms with van der Waals surface area (Å²) in [5, 5.41) is 102. The molecule has 21 nitrogen and oxygen atoms in total. The van der Waals surface area contributed by atoms with Gasteiger partial charge in [0.15, 0.2) is 17.2 Å². The van der Waals surface area contributed by atoms with Crippen molar-refractivity contribution in [3.05, 3.63) is 0 Å². The molecule has 2 fully saturated rings. The van der Waals surface area contributed by atoms with E-state index in [0.29, 0.717) is 19.3 Å². The van der Waals surface area contributed by atoms with Gasteiger partial charge in [-0.15, -0.1) is 0 Å². The second-order valence-corrected chi connectivity index (χ2v) is 23.7. The lowest BCUT2D eigenvalue weighted by molar-refractivity contribution is -0.334. The van der Waals surface area contributed by atoms with E-state index in [1.165, 1.54) is 32.1 Å². The average Bonchev–Trinajstić information content (AvgIpc) is 3.35. The fourth-order valence-electron chi connectivity index (χ4n) is 10.6. The lowest BCUT2D eigenvalue weighted by Crippen LogP contribution is -2.81. The Bertz CT molecular complexity index is 1690. The molecule has 2 heterocycles. The minimum Gasteiger partial charge on any atom is -0.481 e. The number of hydrogen-bond acceptors (Lipinski definition) is 16. The van der Waals surface area contributed by atoms with Crippen LogP contribution in [-0.4, -0.2) is 164 Å². The van der Waals surface area contributed by atoms with Gasteiger partial charge in [0.25, 0.3) is 0 Å². The first-order chi connectivity index (χ1) is 36.1. The first-order valence-electron chi connectivity index (χ1n) is 28.9. The van der Waals surface area contributed by atoms with Crippen molar-refractivity contribution in [2.75, 3.05) is 13.2 Å². The molecule has 2 rings (SSSR count). The molecular weight excluding hydrogens is 1010 g/mol. The van der Waals surface area contributed by atoms with E-state index in [2.05, 4.69) is 31.4 Å². The smallest absolute Gasteiger partial charge is 0.356 e. The molecule has 2 saturated heterocycles. The molecule has 0 bridgehead atoms. The lowest BCUT2D eigenvalue weighted by atomic mass is 9.72. The molecule has 446 valence electrons. The lowest BCUT2D eigenvalue weighted by Gasteiger charge is -2.57. The maximum absolute atomic E-state index is 14.0. The predicted octanol–water partition coefficient (Wildman–Crippen LogP) is 5.40. The Morgan fingerprint density at radius 3 is 1.57 bits per heavy atom. The molecule has 0 aromatic carbocycles. The van der Waals surface area contributed by atoms with Gasteiger partial charge in [-0.2, -0.15) is 0 Å². The maximum atomic E-state index is 14.0. The van der Waals surface area contributed by atoms with E-state index < -0.39 is 135 Å². The molecule has 0 radical (unpaired) electrons. The van der Waals surface area contributed by atoms with Crippen LogP contribution in [0.25, 0.3) is 0 Å². The molecule has 2 amide bonds. The van der Waals surface area contributed by atoms with E-state index in [9.17, 15) is 79.5 Å². The van der Waals surface area contributed by atoms with Crippen molar-refractivity contribution in [1.29, 1.82) is 0 Å². The summed E-state index contributed by atoms with van der Waals surface area (Å²) in [6.45, 7) is 3.89. The van der Waals surface area contributed by atoms with Crippen LogP contribution >= 0.6 is 7.60 Å². The van der Waals surface area contributed by atoms with Crippen LogP contribution in [0, 0.1) is 0 Å². The van der Waals surface area contributed by atoms with Gasteiger partial charge >= 0.3 is 19.5 Å². The molecule has 2 aliphatic heterocycles. The van der Waals surface area contributed by atoms with E-state index in [4.69, 9.17) is 14.2 Å². The summed E-state index contributed by atoms with van der Waals surface area (Å²) in [6, 6.07) is 0. The van der Waals surface area contributed by atoms with Crippen molar-refractivity contribution in [2.45, 2.75) is 304 Å². The van der Waals surface area contributed by atoms with Crippen LogP contribution in [0.15, 0.2) is 0 Å². The standard InChI is InChI=1S/C54H101N2O19P/c1-4-7-10-13-16-19-22-25-28-31-39(58)34-42(59)55-52(36-44(61)62)48(65)46(64)47(75-51(52)68)49(66)54(69)41(37-57)73-38-53(50(54)67,76(70,71)72)56-43(60)35-40(32-29-26-23-20-17-14-11-8-5-2)74-45(63)33-30-27-24-21-18-15-12-9-6-3/h39-41,46-51,57-58,64-69H,4-38H2,1-3H3,(H,55,59)(H,56,60)(H,61,62)(H2,70,71,72)/t39?,40?,41-,46-,47+,48+,49?,50-,51+,52+,53+,54-/m1/s1. The van der Waals surface area contributed by atoms with Crippen LogP contribution in [0.4, 0.5) is 0 Å². The van der Waals surface area contributed by atoms with Gasteiger partial charge in [0.05, 0.1) is 38.6 Å². The van der Waals surface area contributed by atoms with Crippen molar-refractivity contribution in [3.63, 3.8) is 0 Å². The highest BCUT2D eigenvalue weighted by atomic mass is 31.2. The summed E-state index contributed by atoms with van der Waals surface area (Å²) < 4.78 is 30.2. The number of carbonyl (C=O) groups is 4. The number of aliphatic hydroxyl groups is 8. The first-order valence-corrected chi connectivity index (χ1v) is 30.5. The molecule has 13 N–H and O–H groups in total. The number of aliphatic carboxylic acids is 1. The monoisotopic (exact) mass is 1110 g/mol. The van der Waals surface area contributed by atoms with Gasteiger partial charge in [0.2, 0.25) is 11.8 Å². The number of esters is 1. The Labute approximate surface area is 451 Å². The van der Waals surface area contributed by atoms with Crippen LogP contribution in [0.5, 0.6) is 0 Å². The Hall–Kier alpha value is -2.37. The molecule has 3 unspecified atom stereocenters. The van der Waals surface area contributed by atoms with Crippen molar-refractivity contribution >= 4 is 31.3 Å². The molecule has 76 heavy (non-hydrogen) atoms. The second-order valence-electron chi connectivity index (χ2n) is 21.8. The van der Waals surface area contributed by atoms with E-state index in [1.807, 2.05) is 0 Å². The molecule has 0 aliphatic carbocycles. The normalized spacial score (nSPS) is 27.1. The maximum Gasteiger partial charge on any atom is 0.356 e. The SMILES string of the molecule is CCCCCCCCCCCC(=O)OC(CCCCCCCCCCC)CC(=O)N[C@]1(P(=O)(O)O)CO[C@H](CO)[C@@](O)(C(O)[C@H]2O[C@H](O)[C@@](CC(=O)O)(NC(=O)CC(O)CCCCCCCCCCC)[C@@H](O)[C@@H]2O)[C@@H]1O. The molecule has 0 aromatic heterocycles. The summed E-state index contributed by atoms with van der Waals surface area (Å²) in [4.78, 5) is 74.3.